The molecular formula is C18H14N6OS2. The van der Waals surface area contributed by atoms with E-state index < -0.39 is 0 Å². The molecule has 0 bridgehead atoms. The summed E-state index contributed by atoms with van der Waals surface area (Å²) in [7, 11) is 0. The van der Waals surface area contributed by atoms with Crippen molar-refractivity contribution in [3.05, 3.63) is 70.8 Å². The average molecular weight is 394 g/mol. The van der Waals surface area contributed by atoms with Gasteiger partial charge in [-0.15, -0.1) is 21.5 Å². The van der Waals surface area contributed by atoms with Gasteiger partial charge in [0.15, 0.2) is 0 Å². The van der Waals surface area contributed by atoms with Crippen molar-refractivity contribution >= 4 is 39.5 Å². The summed E-state index contributed by atoms with van der Waals surface area (Å²) < 4.78 is 0. The number of benzene rings is 1. The molecule has 9 heteroatoms. The van der Waals surface area contributed by atoms with E-state index >= 15 is 0 Å². The van der Waals surface area contributed by atoms with Gasteiger partial charge in [0.1, 0.15) is 16.3 Å². The molecule has 2 N–H and O–H groups in total. The van der Waals surface area contributed by atoms with Crippen molar-refractivity contribution in [3.8, 4) is 10.6 Å². The molecule has 0 saturated carbocycles. The SMILES string of the molecule is O=C(Nc1nncs1)c1ccc(NCc2csc(-c3ccccc3)n2)nc1. The minimum absolute atomic E-state index is 0.266. The molecule has 27 heavy (non-hydrogen) atoms. The third-order valence-electron chi connectivity index (χ3n) is 3.63. The molecule has 4 rings (SSSR count). The topological polar surface area (TPSA) is 92.7 Å². The lowest BCUT2D eigenvalue weighted by Gasteiger charge is -2.05. The van der Waals surface area contributed by atoms with E-state index in [1.807, 2.05) is 35.7 Å². The van der Waals surface area contributed by atoms with Crippen LogP contribution < -0.4 is 10.6 Å². The normalized spacial score (nSPS) is 10.5. The average Bonchev–Trinajstić information content (AvgIpc) is 3.39. The molecule has 0 saturated heterocycles. The first-order valence-electron chi connectivity index (χ1n) is 8.05. The Bertz CT molecular complexity index is 1020. The lowest BCUT2D eigenvalue weighted by Crippen LogP contribution is -2.12. The highest BCUT2D eigenvalue weighted by atomic mass is 32.1. The molecule has 0 fully saturated rings. The van der Waals surface area contributed by atoms with Gasteiger partial charge < -0.3 is 5.32 Å². The Hall–Kier alpha value is -3.17. The van der Waals surface area contributed by atoms with Crippen LogP contribution in [-0.2, 0) is 6.54 Å². The monoisotopic (exact) mass is 394 g/mol. The largest absolute Gasteiger partial charge is 0.364 e. The van der Waals surface area contributed by atoms with Crippen molar-refractivity contribution < 1.29 is 4.79 Å². The predicted octanol–water partition coefficient (Wildman–Crippen LogP) is 3.92. The number of nitrogens with zero attached hydrogens (tertiary/aromatic N) is 4. The summed E-state index contributed by atoms with van der Waals surface area (Å²) in [6, 6.07) is 13.6. The molecule has 0 aliphatic heterocycles. The van der Waals surface area contributed by atoms with Crippen molar-refractivity contribution in [1.82, 2.24) is 20.2 Å². The number of thiazole rings is 1. The first-order chi connectivity index (χ1) is 13.3. The fourth-order valence-electron chi connectivity index (χ4n) is 2.31. The minimum atomic E-state index is -0.266. The molecule has 0 aliphatic rings. The van der Waals surface area contributed by atoms with Crippen LogP contribution in [0.25, 0.3) is 10.6 Å². The quantitative estimate of drug-likeness (QED) is 0.515. The van der Waals surface area contributed by atoms with Gasteiger partial charge in [-0.05, 0) is 12.1 Å². The van der Waals surface area contributed by atoms with Crippen molar-refractivity contribution in [2.75, 3.05) is 10.6 Å². The van der Waals surface area contributed by atoms with Gasteiger partial charge in [-0.1, -0.05) is 41.7 Å². The third kappa shape index (κ3) is 4.33. The second kappa shape index (κ2) is 8.02. The second-order valence-electron chi connectivity index (χ2n) is 5.49. The Morgan fingerprint density at radius 2 is 1.96 bits per heavy atom. The van der Waals surface area contributed by atoms with Gasteiger partial charge in [0, 0.05) is 17.1 Å². The van der Waals surface area contributed by atoms with Gasteiger partial charge in [-0.3, -0.25) is 10.1 Å². The lowest BCUT2D eigenvalue weighted by atomic mass is 10.2. The summed E-state index contributed by atoms with van der Waals surface area (Å²) in [5.41, 5.74) is 4.06. The number of hydrogen-bond acceptors (Lipinski definition) is 8. The van der Waals surface area contributed by atoms with Gasteiger partial charge in [0.05, 0.1) is 17.8 Å². The van der Waals surface area contributed by atoms with E-state index in [9.17, 15) is 4.79 Å². The molecule has 134 valence electrons. The Morgan fingerprint density at radius 3 is 2.70 bits per heavy atom. The summed E-state index contributed by atoms with van der Waals surface area (Å²) in [5, 5.41) is 16.8. The van der Waals surface area contributed by atoms with Gasteiger partial charge in [-0.25, -0.2) is 9.97 Å². The van der Waals surface area contributed by atoms with E-state index in [-0.39, 0.29) is 5.91 Å². The van der Waals surface area contributed by atoms with Gasteiger partial charge >= 0.3 is 0 Å². The molecule has 0 spiro atoms. The number of aromatic nitrogens is 4. The number of hydrogen-bond donors (Lipinski definition) is 2. The molecule has 3 aromatic heterocycles. The molecule has 1 aromatic carbocycles. The van der Waals surface area contributed by atoms with Gasteiger partial charge in [0.2, 0.25) is 5.13 Å². The van der Waals surface area contributed by atoms with Crippen molar-refractivity contribution in [2.24, 2.45) is 0 Å². The standard InChI is InChI=1S/C18H14N6OS2/c25-16(23-18-24-21-11-27-18)13-6-7-15(19-8-13)20-9-14-10-26-17(22-14)12-4-2-1-3-5-12/h1-8,10-11H,9H2,(H,19,20)(H,23,24,25). The van der Waals surface area contributed by atoms with Gasteiger partial charge in [-0.2, -0.15) is 0 Å². The van der Waals surface area contributed by atoms with E-state index in [0.717, 1.165) is 16.3 Å². The highest BCUT2D eigenvalue weighted by Crippen LogP contribution is 2.23. The molecule has 0 radical (unpaired) electrons. The fourth-order valence-corrected chi connectivity index (χ4v) is 3.58. The third-order valence-corrected chi connectivity index (χ3v) is 5.18. The molecule has 0 atom stereocenters. The van der Waals surface area contributed by atoms with E-state index in [0.29, 0.717) is 23.1 Å². The summed E-state index contributed by atoms with van der Waals surface area (Å²) in [6.45, 7) is 0.562. The van der Waals surface area contributed by atoms with E-state index in [1.165, 1.54) is 17.5 Å². The Morgan fingerprint density at radius 1 is 1.07 bits per heavy atom. The summed E-state index contributed by atoms with van der Waals surface area (Å²) in [6.07, 6.45) is 1.52. The summed E-state index contributed by atoms with van der Waals surface area (Å²) >= 11 is 2.87. The number of nitrogens with one attached hydrogen (secondary N) is 2. The van der Waals surface area contributed by atoms with Crippen molar-refractivity contribution in [3.63, 3.8) is 0 Å². The van der Waals surface area contributed by atoms with E-state index in [4.69, 9.17) is 0 Å². The van der Waals surface area contributed by atoms with Crippen LogP contribution in [0, 0.1) is 0 Å². The number of carbonyl (C=O) groups is 1. The van der Waals surface area contributed by atoms with Gasteiger partial charge in [0.25, 0.3) is 5.91 Å². The van der Waals surface area contributed by atoms with Crippen LogP contribution in [-0.4, -0.2) is 26.1 Å². The maximum atomic E-state index is 12.1. The maximum absolute atomic E-state index is 12.1. The zero-order valence-corrected chi connectivity index (χ0v) is 15.6. The first kappa shape index (κ1) is 17.3. The number of pyridine rings is 1. The fraction of sp³-hybridized carbons (Fsp3) is 0.0556. The highest BCUT2D eigenvalue weighted by molar-refractivity contribution is 7.13. The number of rotatable bonds is 6. The minimum Gasteiger partial charge on any atom is -0.364 e. The number of anilines is 2. The van der Waals surface area contributed by atoms with Crippen LogP contribution in [0.15, 0.2) is 59.6 Å². The van der Waals surface area contributed by atoms with E-state index in [1.54, 1.807) is 29.0 Å². The van der Waals surface area contributed by atoms with Crippen LogP contribution in [0.5, 0.6) is 0 Å². The van der Waals surface area contributed by atoms with E-state index in [2.05, 4.69) is 30.8 Å². The zero-order chi connectivity index (χ0) is 18.5. The molecule has 7 nitrogen and oxygen atoms in total. The Balaban J connectivity index is 1.35. The summed E-state index contributed by atoms with van der Waals surface area (Å²) in [4.78, 5) is 21.0. The van der Waals surface area contributed by atoms with Crippen LogP contribution in [0.4, 0.5) is 10.9 Å². The lowest BCUT2D eigenvalue weighted by molar-refractivity contribution is 0.102. The van der Waals surface area contributed by atoms with Crippen LogP contribution >= 0.6 is 22.7 Å². The van der Waals surface area contributed by atoms with Crippen molar-refractivity contribution in [2.45, 2.75) is 6.54 Å². The summed E-state index contributed by atoms with van der Waals surface area (Å²) in [5.74, 6) is 0.412. The highest BCUT2D eigenvalue weighted by Gasteiger charge is 2.09. The smallest absolute Gasteiger partial charge is 0.259 e. The molecule has 3 heterocycles. The number of amides is 1. The molecule has 0 unspecified atom stereocenters. The van der Waals surface area contributed by atoms with Crippen LogP contribution in [0.1, 0.15) is 16.1 Å². The van der Waals surface area contributed by atoms with Crippen LogP contribution in [0.3, 0.4) is 0 Å². The maximum Gasteiger partial charge on any atom is 0.259 e. The predicted molar refractivity (Wildman–Crippen MR) is 107 cm³/mol. The molecule has 1 amide bonds. The Labute approximate surface area is 163 Å². The zero-order valence-electron chi connectivity index (χ0n) is 14.0. The molecular weight excluding hydrogens is 380 g/mol. The van der Waals surface area contributed by atoms with Crippen LogP contribution in [0.2, 0.25) is 0 Å². The molecule has 4 aromatic rings. The first-order valence-corrected chi connectivity index (χ1v) is 9.81. The molecule has 0 aliphatic carbocycles. The Kier molecular flexibility index (Phi) is 5.13. The van der Waals surface area contributed by atoms with Crippen molar-refractivity contribution in [1.29, 1.82) is 0 Å². The number of carbonyl (C=O) groups excluding carboxylic acids is 1. The second-order valence-corrected chi connectivity index (χ2v) is 7.19.